The van der Waals surface area contributed by atoms with Crippen molar-refractivity contribution in [2.45, 2.75) is 75.8 Å². The van der Waals surface area contributed by atoms with Crippen molar-refractivity contribution in [3.63, 3.8) is 0 Å². The summed E-state index contributed by atoms with van der Waals surface area (Å²) in [7, 11) is -0.874. The van der Waals surface area contributed by atoms with Crippen LogP contribution in [-0.4, -0.2) is 65.4 Å². The second-order valence-corrected chi connectivity index (χ2v) is 16.4. The van der Waals surface area contributed by atoms with Gasteiger partial charge in [-0.15, -0.1) is 0 Å². The molecule has 4 aliphatic carbocycles. The summed E-state index contributed by atoms with van der Waals surface area (Å²) in [5.74, 6) is 2.30. The van der Waals surface area contributed by atoms with E-state index in [4.69, 9.17) is 9.47 Å². The zero-order valence-electron chi connectivity index (χ0n) is 19.4. The standard InChI is InChI=1S/C25H42O4S/c1-5-23-15-24(27,16-30(2,3)4)22-18-10-11-25(28-12-13-29-25)14-17(18)6-7-19(22)20(23)8-9-21(23)26/h6,18-22,26-27H,5,7-16H2,1-4H3. The molecule has 4 nitrogen and oxygen atoms in total. The molecule has 0 aromatic rings. The lowest BCUT2D eigenvalue weighted by Crippen LogP contribution is -2.63. The topological polar surface area (TPSA) is 58.9 Å². The van der Waals surface area contributed by atoms with Crippen LogP contribution in [0.15, 0.2) is 11.6 Å². The average molecular weight is 439 g/mol. The molecule has 4 fully saturated rings. The third kappa shape index (κ3) is 3.25. The summed E-state index contributed by atoms with van der Waals surface area (Å²) in [5.41, 5.74) is 0.705. The lowest BCUT2D eigenvalue weighted by Gasteiger charge is -2.62. The molecule has 1 heterocycles. The van der Waals surface area contributed by atoms with Crippen LogP contribution < -0.4 is 0 Å². The van der Waals surface area contributed by atoms with E-state index < -0.39 is 21.4 Å². The molecule has 1 spiro atoms. The first-order chi connectivity index (χ1) is 14.1. The molecule has 0 bridgehead atoms. The van der Waals surface area contributed by atoms with Crippen molar-refractivity contribution in [3.8, 4) is 0 Å². The number of rotatable bonds is 3. The van der Waals surface area contributed by atoms with Crippen molar-refractivity contribution < 1.29 is 19.7 Å². The Kier molecular flexibility index (Phi) is 5.23. The number of aliphatic hydroxyl groups excluding tert-OH is 1. The van der Waals surface area contributed by atoms with Crippen molar-refractivity contribution in [1.29, 1.82) is 0 Å². The van der Waals surface area contributed by atoms with Crippen LogP contribution in [0, 0.1) is 29.1 Å². The first kappa shape index (κ1) is 21.8. The van der Waals surface area contributed by atoms with Crippen molar-refractivity contribution in [2.24, 2.45) is 29.1 Å². The van der Waals surface area contributed by atoms with Crippen LogP contribution >= 0.6 is 10.0 Å². The second kappa shape index (κ2) is 7.21. The predicted octanol–water partition coefficient (Wildman–Crippen LogP) is 4.09. The zero-order chi connectivity index (χ0) is 21.4. The molecule has 7 atom stereocenters. The van der Waals surface area contributed by atoms with Gasteiger partial charge in [0.1, 0.15) is 0 Å². The summed E-state index contributed by atoms with van der Waals surface area (Å²) < 4.78 is 12.1. The van der Waals surface area contributed by atoms with Gasteiger partial charge in [0.2, 0.25) is 0 Å². The van der Waals surface area contributed by atoms with Crippen molar-refractivity contribution in [1.82, 2.24) is 0 Å². The monoisotopic (exact) mass is 438 g/mol. The van der Waals surface area contributed by atoms with Crippen LogP contribution in [0.1, 0.15) is 58.3 Å². The van der Waals surface area contributed by atoms with Crippen LogP contribution in [-0.2, 0) is 9.47 Å². The Balaban J connectivity index is 1.54. The molecule has 1 aliphatic heterocycles. The number of hydrogen-bond acceptors (Lipinski definition) is 4. The van der Waals surface area contributed by atoms with Gasteiger partial charge in [-0.05, 0) is 81.0 Å². The highest BCUT2D eigenvalue weighted by molar-refractivity contribution is 8.32. The highest BCUT2D eigenvalue weighted by Gasteiger charge is 2.65. The maximum Gasteiger partial charge on any atom is 0.172 e. The van der Waals surface area contributed by atoms with Crippen LogP contribution in [0.3, 0.4) is 0 Å². The number of aliphatic hydroxyl groups is 2. The molecule has 30 heavy (non-hydrogen) atoms. The molecule has 0 aromatic heterocycles. The van der Waals surface area contributed by atoms with E-state index in [-0.39, 0.29) is 11.5 Å². The number of allylic oxidation sites excluding steroid dienone is 1. The molecule has 1 saturated heterocycles. The fourth-order valence-electron chi connectivity index (χ4n) is 8.64. The van der Waals surface area contributed by atoms with Crippen molar-refractivity contribution >= 4 is 10.0 Å². The summed E-state index contributed by atoms with van der Waals surface area (Å²) in [4.78, 5) is 0. The Hall–Kier alpha value is -0.0700. The van der Waals surface area contributed by atoms with Crippen LogP contribution in [0.25, 0.3) is 0 Å². The Bertz CT molecular complexity index is 708. The van der Waals surface area contributed by atoms with E-state index >= 15 is 0 Å². The van der Waals surface area contributed by atoms with Gasteiger partial charge in [0.25, 0.3) is 0 Å². The van der Waals surface area contributed by atoms with Gasteiger partial charge in [-0.2, -0.15) is 0 Å². The Labute approximate surface area is 184 Å². The Morgan fingerprint density at radius 1 is 1.13 bits per heavy atom. The molecule has 2 N–H and O–H groups in total. The molecule has 0 amide bonds. The number of fused-ring (bicyclic) bond motifs is 5. The molecular formula is C25H42O4S. The summed E-state index contributed by atoms with van der Waals surface area (Å²) >= 11 is 0. The summed E-state index contributed by atoms with van der Waals surface area (Å²) in [6, 6.07) is 0. The largest absolute Gasteiger partial charge is 0.393 e. The van der Waals surface area contributed by atoms with Gasteiger partial charge in [0.05, 0.1) is 24.9 Å². The van der Waals surface area contributed by atoms with Gasteiger partial charge >= 0.3 is 0 Å². The van der Waals surface area contributed by atoms with E-state index in [1.54, 1.807) is 0 Å². The third-order valence-electron chi connectivity index (χ3n) is 9.41. The summed E-state index contributed by atoms with van der Waals surface area (Å²) in [6.45, 7) is 3.66. The van der Waals surface area contributed by atoms with E-state index in [1.807, 2.05) is 0 Å². The van der Waals surface area contributed by atoms with Crippen LogP contribution in [0.2, 0.25) is 0 Å². The Morgan fingerprint density at radius 3 is 2.53 bits per heavy atom. The van der Waals surface area contributed by atoms with Gasteiger partial charge in [-0.25, -0.2) is 10.0 Å². The van der Waals surface area contributed by atoms with E-state index in [0.29, 0.717) is 36.9 Å². The lowest BCUT2D eigenvalue weighted by atomic mass is 9.47. The first-order valence-corrected chi connectivity index (χ1v) is 15.2. The quantitative estimate of drug-likeness (QED) is 0.652. The fraction of sp³-hybridized carbons (Fsp3) is 0.920. The van der Waals surface area contributed by atoms with Crippen LogP contribution in [0.5, 0.6) is 0 Å². The van der Waals surface area contributed by atoms with Gasteiger partial charge in [-0.1, -0.05) is 18.6 Å². The summed E-state index contributed by atoms with van der Waals surface area (Å²) in [5, 5.41) is 23.6. The number of ether oxygens (including phenoxy) is 2. The number of hydrogen-bond donors (Lipinski definition) is 2. The fourth-order valence-corrected chi connectivity index (χ4v) is 10.4. The molecule has 5 aliphatic rings. The van der Waals surface area contributed by atoms with E-state index in [0.717, 1.165) is 57.1 Å². The zero-order valence-corrected chi connectivity index (χ0v) is 20.2. The highest BCUT2D eigenvalue weighted by Crippen LogP contribution is 2.67. The van der Waals surface area contributed by atoms with Crippen molar-refractivity contribution in [2.75, 3.05) is 37.7 Å². The minimum Gasteiger partial charge on any atom is -0.393 e. The highest BCUT2D eigenvalue weighted by atomic mass is 32.3. The second-order valence-electron chi connectivity index (χ2n) is 11.9. The van der Waals surface area contributed by atoms with E-state index in [2.05, 4.69) is 31.8 Å². The predicted molar refractivity (Wildman–Crippen MR) is 123 cm³/mol. The third-order valence-corrected chi connectivity index (χ3v) is 10.8. The van der Waals surface area contributed by atoms with E-state index in [1.165, 1.54) is 5.57 Å². The summed E-state index contributed by atoms with van der Waals surface area (Å²) in [6.07, 6.45) is 17.0. The molecule has 3 saturated carbocycles. The maximum absolute atomic E-state index is 12.5. The molecule has 0 aromatic carbocycles. The van der Waals surface area contributed by atoms with E-state index in [9.17, 15) is 10.2 Å². The molecule has 0 radical (unpaired) electrons. The molecule has 5 heteroatoms. The van der Waals surface area contributed by atoms with Crippen LogP contribution in [0.4, 0.5) is 0 Å². The van der Waals surface area contributed by atoms with Gasteiger partial charge in [0.15, 0.2) is 5.79 Å². The van der Waals surface area contributed by atoms with Crippen molar-refractivity contribution in [3.05, 3.63) is 11.6 Å². The molecule has 5 rings (SSSR count). The van der Waals surface area contributed by atoms with Gasteiger partial charge < -0.3 is 19.7 Å². The lowest BCUT2D eigenvalue weighted by molar-refractivity contribution is -0.198. The smallest absolute Gasteiger partial charge is 0.172 e. The molecule has 172 valence electrons. The molecule has 7 unspecified atom stereocenters. The maximum atomic E-state index is 12.5. The minimum atomic E-state index is -0.874. The molecular weight excluding hydrogens is 396 g/mol. The van der Waals surface area contributed by atoms with Gasteiger partial charge in [-0.3, -0.25) is 0 Å². The average Bonchev–Trinajstić information content (AvgIpc) is 3.25. The SMILES string of the molecule is CCC12CC(O)(CS(C)(C)C)C3C4CCC5(CC4=CCC3C1CCC2O)OCCO5. The minimum absolute atomic E-state index is 0.0977. The first-order valence-electron chi connectivity index (χ1n) is 12.1. The Morgan fingerprint density at radius 2 is 1.87 bits per heavy atom. The van der Waals surface area contributed by atoms with Gasteiger partial charge in [0, 0.05) is 24.0 Å². The normalized spacial score (nSPS) is 48.1.